The van der Waals surface area contributed by atoms with Gasteiger partial charge in [0.05, 0.1) is 18.9 Å². The van der Waals surface area contributed by atoms with Crippen LogP contribution in [0.5, 0.6) is 11.5 Å². The van der Waals surface area contributed by atoms with Crippen molar-refractivity contribution in [2.45, 2.75) is 35.4 Å². The van der Waals surface area contributed by atoms with E-state index in [9.17, 15) is 24.3 Å². The average molecular weight is 586 g/mol. The number of hydrogen-bond donors (Lipinski definition) is 1. The molecule has 4 aliphatic rings. The number of halogens is 3. The summed E-state index contributed by atoms with van der Waals surface area (Å²) in [7, 11) is 2.71. The van der Waals surface area contributed by atoms with Gasteiger partial charge in [-0.2, -0.15) is 0 Å². The molecule has 35 heavy (non-hydrogen) atoms. The Kier molecular flexibility index (Phi) is 5.58. The molecule has 2 aliphatic heterocycles. The summed E-state index contributed by atoms with van der Waals surface area (Å²) in [6, 6.07) is 3.17. The second-order valence-corrected chi connectivity index (χ2v) is 11.6. The molecule has 8 nitrogen and oxygen atoms in total. The van der Waals surface area contributed by atoms with Crippen LogP contribution in [0.25, 0.3) is 0 Å². The van der Waals surface area contributed by atoms with Gasteiger partial charge in [-0.05, 0) is 37.8 Å². The van der Waals surface area contributed by atoms with E-state index in [2.05, 4.69) is 15.9 Å². The number of carbonyl (C=O) groups excluding carboxylic acids is 4. The lowest BCUT2D eigenvalue weighted by atomic mass is 9.56. The zero-order chi connectivity index (χ0) is 25.6. The standard InChI is InChI=1S/C24H23BrCl2N2O6/c1-4-29-19(31)12-6-5-11-14(16(12)20(29)32)9-23(26)21(33)28(2)22(34)24(23,27)17(11)13-7-10(25)8-15(35-3)18(13)30/h5,7-8,12,14,16-17,30H,4,6,9H2,1-3H3/t12-,14+,16-,17+,23+,24-/m0/s1. The molecule has 0 bridgehead atoms. The number of carbonyl (C=O) groups is 4. The quantitative estimate of drug-likeness (QED) is 0.332. The second kappa shape index (κ2) is 7.95. The summed E-state index contributed by atoms with van der Waals surface area (Å²) in [6.45, 7) is 1.98. The van der Waals surface area contributed by atoms with Gasteiger partial charge in [0.25, 0.3) is 11.8 Å². The molecule has 1 saturated carbocycles. The minimum absolute atomic E-state index is 0.0844. The number of imide groups is 2. The van der Waals surface area contributed by atoms with E-state index in [0.29, 0.717) is 10.0 Å². The van der Waals surface area contributed by atoms with Gasteiger partial charge in [0.2, 0.25) is 11.8 Å². The fraction of sp³-hybridized carbons (Fsp3) is 0.500. The fourth-order valence-electron chi connectivity index (χ4n) is 6.44. The zero-order valence-electron chi connectivity index (χ0n) is 19.2. The highest BCUT2D eigenvalue weighted by atomic mass is 79.9. The van der Waals surface area contributed by atoms with Crippen LogP contribution in [0, 0.1) is 17.8 Å². The van der Waals surface area contributed by atoms with E-state index in [1.54, 1.807) is 19.1 Å². The predicted octanol–water partition coefficient (Wildman–Crippen LogP) is 3.17. The molecule has 186 valence electrons. The molecule has 1 N–H and O–H groups in total. The van der Waals surface area contributed by atoms with Gasteiger partial charge in [0, 0.05) is 29.5 Å². The van der Waals surface area contributed by atoms with E-state index < -0.39 is 45.2 Å². The number of amides is 4. The zero-order valence-corrected chi connectivity index (χ0v) is 22.3. The number of alkyl halides is 2. The Balaban J connectivity index is 1.78. The molecule has 11 heteroatoms. The summed E-state index contributed by atoms with van der Waals surface area (Å²) < 4.78 is 5.87. The number of methoxy groups -OCH3 is 1. The number of ether oxygens (including phenoxy) is 1. The molecule has 0 unspecified atom stereocenters. The SMILES string of the molecule is CCN1C(=O)[C@H]2[C@H](CC=C3[C@H]2C[C@@]2(Cl)C(=O)N(C)C(=O)[C@@]2(Cl)[C@H]3c2cc(Br)cc(OC)c2O)C1=O. The Morgan fingerprint density at radius 1 is 1.14 bits per heavy atom. The van der Waals surface area contributed by atoms with Crippen LogP contribution < -0.4 is 4.74 Å². The molecule has 1 aromatic carbocycles. The number of benzene rings is 1. The summed E-state index contributed by atoms with van der Waals surface area (Å²) in [5, 5.41) is 11.1. The first kappa shape index (κ1) is 24.6. The normalized spacial score (nSPS) is 36.2. The molecule has 0 aromatic heterocycles. The number of likely N-dealkylation sites (tertiary alicyclic amines) is 2. The first-order valence-electron chi connectivity index (χ1n) is 11.3. The number of rotatable bonds is 3. The second-order valence-electron chi connectivity index (χ2n) is 9.46. The minimum Gasteiger partial charge on any atom is -0.504 e. The van der Waals surface area contributed by atoms with Crippen LogP contribution in [0.1, 0.15) is 31.2 Å². The van der Waals surface area contributed by atoms with E-state index in [4.69, 9.17) is 27.9 Å². The van der Waals surface area contributed by atoms with Gasteiger partial charge in [-0.1, -0.05) is 27.6 Å². The highest BCUT2D eigenvalue weighted by molar-refractivity contribution is 9.10. The maximum absolute atomic E-state index is 13.5. The smallest absolute Gasteiger partial charge is 0.253 e. The third-order valence-corrected chi connectivity index (χ3v) is 9.89. The maximum atomic E-state index is 13.5. The number of hydrogen-bond acceptors (Lipinski definition) is 6. The molecule has 5 rings (SSSR count). The number of phenolic OH excluding ortho intramolecular Hbond substituents is 1. The number of allylic oxidation sites excluding steroid dienone is 2. The van der Waals surface area contributed by atoms with Crippen molar-refractivity contribution in [1.29, 1.82) is 0 Å². The maximum Gasteiger partial charge on any atom is 0.253 e. The topological polar surface area (TPSA) is 104 Å². The van der Waals surface area contributed by atoms with Crippen molar-refractivity contribution >= 4 is 62.8 Å². The number of phenols is 1. The first-order chi connectivity index (χ1) is 16.4. The van der Waals surface area contributed by atoms with Gasteiger partial charge < -0.3 is 9.84 Å². The lowest BCUT2D eigenvalue weighted by molar-refractivity contribution is -0.141. The van der Waals surface area contributed by atoms with Gasteiger partial charge in [-0.15, -0.1) is 23.2 Å². The van der Waals surface area contributed by atoms with E-state index in [1.807, 2.05) is 6.08 Å². The Morgan fingerprint density at radius 2 is 1.83 bits per heavy atom. The Hall–Kier alpha value is -2.10. The van der Waals surface area contributed by atoms with Gasteiger partial charge in [0.1, 0.15) is 0 Å². The van der Waals surface area contributed by atoms with E-state index in [1.165, 1.54) is 19.1 Å². The Labute approximate surface area is 220 Å². The van der Waals surface area contributed by atoms with Crippen LogP contribution in [0.4, 0.5) is 0 Å². The average Bonchev–Trinajstić information content (AvgIpc) is 3.15. The minimum atomic E-state index is -1.96. The lowest BCUT2D eigenvalue weighted by Gasteiger charge is -2.50. The summed E-state index contributed by atoms with van der Waals surface area (Å²) in [5.74, 6) is -5.01. The van der Waals surface area contributed by atoms with Gasteiger partial charge in [0.15, 0.2) is 21.2 Å². The van der Waals surface area contributed by atoms with Crippen LogP contribution >= 0.6 is 39.1 Å². The molecule has 0 radical (unpaired) electrons. The molecular formula is C24H23BrCl2N2O6. The first-order valence-corrected chi connectivity index (χ1v) is 12.8. The largest absolute Gasteiger partial charge is 0.504 e. The van der Waals surface area contributed by atoms with E-state index in [0.717, 1.165) is 4.90 Å². The molecular weight excluding hydrogens is 563 g/mol. The molecule has 2 aliphatic carbocycles. The Bertz CT molecular complexity index is 1240. The lowest BCUT2D eigenvalue weighted by Crippen LogP contribution is -2.60. The van der Waals surface area contributed by atoms with Crippen molar-refractivity contribution < 1.29 is 29.0 Å². The molecule has 1 aromatic rings. The predicted molar refractivity (Wildman–Crippen MR) is 130 cm³/mol. The number of fused-ring (bicyclic) bond motifs is 4. The fourth-order valence-corrected chi connectivity index (χ4v) is 7.90. The summed E-state index contributed by atoms with van der Waals surface area (Å²) in [5.41, 5.74) is 0.856. The monoisotopic (exact) mass is 584 g/mol. The van der Waals surface area contributed by atoms with Crippen LogP contribution in [0.15, 0.2) is 28.3 Å². The highest BCUT2D eigenvalue weighted by Gasteiger charge is 2.76. The van der Waals surface area contributed by atoms with Crippen LogP contribution in [-0.2, 0) is 19.2 Å². The molecule has 3 fully saturated rings. The van der Waals surface area contributed by atoms with Gasteiger partial charge in [-0.3, -0.25) is 29.0 Å². The molecule has 0 spiro atoms. The van der Waals surface area contributed by atoms with Gasteiger partial charge in [-0.25, -0.2) is 0 Å². The van der Waals surface area contributed by atoms with Crippen LogP contribution in [0.3, 0.4) is 0 Å². The van der Waals surface area contributed by atoms with Crippen molar-refractivity contribution in [1.82, 2.24) is 9.80 Å². The molecule has 2 heterocycles. The summed E-state index contributed by atoms with van der Waals surface area (Å²) >= 11 is 17.6. The molecule has 6 atom stereocenters. The van der Waals surface area contributed by atoms with Crippen molar-refractivity contribution in [3.8, 4) is 11.5 Å². The van der Waals surface area contributed by atoms with Crippen molar-refractivity contribution in [3.63, 3.8) is 0 Å². The van der Waals surface area contributed by atoms with Crippen LogP contribution in [0.2, 0.25) is 0 Å². The van der Waals surface area contributed by atoms with E-state index >= 15 is 0 Å². The number of aromatic hydroxyl groups is 1. The van der Waals surface area contributed by atoms with Crippen molar-refractivity contribution in [2.75, 3.05) is 20.7 Å². The van der Waals surface area contributed by atoms with Crippen LogP contribution in [-0.4, -0.2) is 69.0 Å². The number of nitrogens with zero attached hydrogens (tertiary/aromatic N) is 2. The summed E-state index contributed by atoms with van der Waals surface area (Å²) in [6.07, 6.45) is 2.02. The highest BCUT2D eigenvalue weighted by Crippen LogP contribution is 2.66. The van der Waals surface area contributed by atoms with E-state index in [-0.39, 0.29) is 48.3 Å². The van der Waals surface area contributed by atoms with Gasteiger partial charge >= 0.3 is 0 Å². The molecule has 4 amide bonds. The summed E-state index contributed by atoms with van der Waals surface area (Å²) in [4.78, 5) is 51.5. The molecule has 2 saturated heterocycles. The Morgan fingerprint density at radius 3 is 2.46 bits per heavy atom. The third-order valence-electron chi connectivity index (χ3n) is 8.02. The third kappa shape index (κ3) is 2.92. The van der Waals surface area contributed by atoms with Crippen molar-refractivity contribution in [3.05, 3.63) is 33.8 Å². The van der Waals surface area contributed by atoms with Crippen molar-refractivity contribution in [2.24, 2.45) is 17.8 Å².